The van der Waals surface area contributed by atoms with Gasteiger partial charge in [0.2, 0.25) is 5.36 Å². The topological polar surface area (TPSA) is 25.4 Å². The van der Waals surface area contributed by atoms with Crippen LogP contribution in [0.5, 0.6) is 5.75 Å². The first kappa shape index (κ1) is 16.8. The molecule has 2 aromatic carbocycles. The Bertz CT molecular complexity index is 953. The maximum atomic E-state index is 6.15. The number of hydrogen-bond donors (Lipinski definition) is 0. The second kappa shape index (κ2) is 7.67. The first-order valence-electron chi connectivity index (χ1n) is 8.24. The zero-order chi connectivity index (χ0) is 17.6. The second-order valence-electron chi connectivity index (χ2n) is 5.70. The van der Waals surface area contributed by atoms with Crippen LogP contribution in [0, 0.1) is 0 Å². The largest absolute Gasteiger partial charge is 0.497 e. The van der Waals surface area contributed by atoms with Crippen molar-refractivity contribution in [3.63, 3.8) is 0 Å². The molecule has 126 valence electrons. The monoisotopic (exact) mass is 332 g/mol. The summed E-state index contributed by atoms with van der Waals surface area (Å²) in [6, 6.07) is 18.0. The summed E-state index contributed by atoms with van der Waals surface area (Å²) >= 11 is 0. The van der Waals surface area contributed by atoms with E-state index in [0.717, 1.165) is 46.5 Å². The van der Waals surface area contributed by atoms with Crippen LogP contribution in [0.4, 0.5) is 0 Å². The lowest BCUT2D eigenvalue weighted by molar-refractivity contribution is 0.415. The maximum absolute atomic E-state index is 6.15. The SMILES string of the molecule is C=CC[N+](CC=C)=c1cc(-c2ccc(OC)cc2)oc2ccccc12. The summed E-state index contributed by atoms with van der Waals surface area (Å²) < 4.78 is 13.6. The molecule has 3 rings (SSSR count). The number of hydrogen-bond acceptors (Lipinski definition) is 2. The molecule has 0 saturated carbocycles. The molecule has 1 heterocycles. The van der Waals surface area contributed by atoms with Gasteiger partial charge in [-0.25, -0.2) is 4.58 Å². The van der Waals surface area contributed by atoms with Crippen LogP contribution in [0.25, 0.3) is 22.3 Å². The molecule has 1 aromatic heterocycles. The van der Waals surface area contributed by atoms with Crippen molar-refractivity contribution < 1.29 is 9.15 Å². The zero-order valence-corrected chi connectivity index (χ0v) is 14.4. The van der Waals surface area contributed by atoms with Crippen molar-refractivity contribution in [1.82, 2.24) is 4.58 Å². The Balaban J connectivity index is 2.29. The highest BCUT2D eigenvalue weighted by Crippen LogP contribution is 2.24. The molecule has 0 aliphatic carbocycles. The molecular formula is C22H22NO2+. The van der Waals surface area contributed by atoms with Gasteiger partial charge in [-0.15, -0.1) is 0 Å². The fourth-order valence-corrected chi connectivity index (χ4v) is 2.86. The summed E-state index contributed by atoms with van der Waals surface area (Å²) in [6.07, 6.45) is 3.80. The van der Waals surface area contributed by atoms with Gasteiger partial charge in [0.1, 0.15) is 17.1 Å². The Morgan fingerprint density at radius 2 is 1.68 bits per heavy atom. The number of para-hydroxylation sites is 1. The minimum Gasteiger partial charge on any atom is -0.497 e. The highest BCUT2D eigenvalue weighted by atomic mass is 16.5. The molecule has 0 bridgehead atoms. The number of rotatable bonds is 6. The lowest BCUT2D eigenvalue weighted by Gasteiger charge is -2.06. The van der Waals surface area contributed by atoms with E-state index < -0.39 is 0 Å². The second-order valence-corrected chi connectivity index (χ2v) is 5.70. The van der Waals surface area contributed by atoms with Crippen molar-refractivity contribution in [2.45, 2.75) is 0 Å². The molecule has 0 atom stereocenters. The molecule has 0 amide bonds. The predicted molar refractivity (Wildman–Crippen MR) is 104 cm³/mol. The van der Waals surface area contributed by atoms with Crippen molar-refractivity contribution in [3.05, 3.63) is 85.3 Å². The van der Waals surface area contributed by atoms with E-state index in [2.05, 4.69) is 29.9 Å². The first-order chi connectivity index (χ1) is 12.3. The zero-order valence-electron chi connectivity index (χ0n) is 14.4. The highest BCUT2D eigenvalue weighted by molar-refractivity contribution is 5.78. The third-order valence-electron chi connectivity index (χ3n) is 4.06. The number of benzene rings is 2. The highest BCUT2D eigenvalue weighted by Gasteiger charge is 2.12. The van der Waals surface area contributed by atoms with E-state index in [1.807, 2.05) is 54.6 Å². The number of ether oxygens (including phenoxy) is 1. The molecule has 3 nitrogen and oxygen atoms in total. The van der Waals surface area contributed by atoms with E-state index in [4.69, 9.17) is 9.15 Å². The Labute approximate surface area is 147 Å². The van der Waals surface area contributed by atoms with Gasteiger partial charge in [0.25, 0.3) is 0 Å². The van der Waals surface area contributed by atoms with E-state index in [1.54, 1.807) is 7.11 Å². The van der Waals surface area contributed by atoms with Gasteiger partial charge in [0.15, 0.2) is 13.1 Å². The van der Waals surface area contributed by atoms with Gasteiger partial charge in [-0.2, -0.15) is 0 Å². The third-order valence-corrected chi connectivity index (χ3v) is 4.06. The van der Waals surface area contributed by atoms with Crippen LogP contribution in [-0.4, -0.2) is 20.2 Å². The molecule has 0 saturated heterocycles. The summed E-state index contributed by atoms with van der Waals surface area (Å²) in [4.78, 5) is 0. The van der Waals surface area contributed by atoms with Gasteiger partial charge in [-0.1, -0.05) is 25.3 Å². The minimum absolute atomic E-state index is 0.738. The van der Waals surface area contributed by atoms with E-state index in [9.17, 15) is 0 Å². The van der Waals surface area contributed by atoms with E-state index >= 15 is 0 Å². The predicted octanol–water partition coefficient (Wildman–Crippen LogP) is 4.25. The summed E-state index contributed by atoms with van der Waals surface area (Å²) in [6.45, 7) is 9.23. The molecule has 0 aliphatic heterocycles. The van der Waals surface area contributed by atoms with Gasteiger partial charge in [-0.3, -0.25) is 0 Å². The molecule has 0 radical (unpaired) electrons. The summed E-state index contributed by atoms with van der Waals surface area (Å²) in [5.41, 5.74) is 1.86. The quantitative estimate of drug-likeness (QED) is 0.498. The van der Waals surface area contributed by atoms with Crippen molar-refractivity contribution in [2.75, 3.05) is 20.2 Å². The van der Waals surface area contributed by atoms with Gasteiger partial charge >= 0.3 is 0 Å². The van der Waals surface area contributed by atoms with Crippen LogP contribution < -0.4 is 14.7 Å². The Morgan fingerprint density at radius 3 is 2.32 bits per heavy atom. The Kier molecular flexibility index (Phi) is 5.14. The molecule has 0 fully saturated rings. The van der Waals surface area contributed by atoms with Gasteiger partial charge in [0.05, 0.1) is 18.6 Å². The third kappa shape index (κ3) is 3.56. The van der Waals surface area contributed by atoms with Gasteiger partial charge < -0.3 is 9.15 Å². The maximum Gasteiger partial charge on any atom is 0.215 e. The van der Waals surface area contributed by atoms with Crippen LogP contribution in [0.15, 0.2) is 84.3 Å². The lowest BCUT2D eigenvalue weighted by Crippen LogP contribution is -2.30. The Morgan fingerprint density at radius 1 is 1.00 bits per heavy atom. The number of nitrogens with zero attached hydrogens (tertiary/aromatic N) is 1. The first-order valence-corrected chi connectivity index (χ1v) is 8.24. The summed E-state index contributed by atoms with van der Waals surface area (Å²) in [5, 5.41) is 2.18. The average molecular weight is 332 g/mol. The fraction of sp³-hybridized carbons (Fsp3) is 0.136. The van der Waals surface area contributed by atoms with Crippen molar-refractivity contribution in [2.24, 2.45) is 0 Å². The van der Waals surface area contributed by atoms with Crippen LogP contribution in [0.2, 0.25) is 0 Å². The van der Waals surface area contributed by atoms with Gasteiger partial charge in [-0.05, 0) is 48.6 Å². The van der Waals surface area contributed by atoms with Gasteiger partial charge in [0, 0.05) is 5.56 Å². The van der Waals surface area contributed by atoms with Crippen molar-refractivity contribution in [3.8, 4) is 17.1 Å². The summed E-state index contributed by atoms with van der Waals surface area (Å²) in [7, 11) is 1.66. The van der Waals surface area contributed by atoms with E-state index in [-0.39, 0.29) is 0 Å². The van der Waals surface area contributed by atoms with Crippen LogP contribution >= 0.6 is 0 Å². The normalized spacial score (nSPS) is 10.4. The molecule has 25 heavy (non-hydrogen) atoms. The minimum atomic E-state index is 0.738. The smallest absolute Gasteiger partial charge is 0.215 e. The molecule has 3 aromatic rings. The molecule has 0 spiro atoms. The van der Waals surface area contributed by atoms with Crippen LogP contribution in [0.3, 0.4) is 0 Å². The number of methoxy groups -OCH3 is 1. The standard InChI is InChI=1S/C22H22NO2/c1-4-14-23(15-5-2)20-16-22(17-10-12-18(24-3)13-11-17)25-21-9-7-6-8-19(20)21/h4-13,16H,1-2,14-15H2,3H3/q+1. The lowest BCUT2D eigenvalue weighted by atomic mass is 10.1. The molecule has 0 aliphatic rings. The molecule has 0 unspecified atom stereocenters. The molecule has 3 heteroatoms. The van der Waals surface area contributed by atoms with Crippen molar-refractivity contribution >= 4 is 11.0 Å². The molecule has 0 N–H and O–H groups in total. The van der Waals surface area contributed by atoms with Crippen LogP contribution in [0.1, 0.15) is 0 Å². The fourth-order valence-electron chi connectivity index (χ4n) is 2.86. The van der Waals surface area contributed by atoms with Crippen LogP contribution in [-0.2, 0) is 0 Å². The number of fused-ring (bicyclic) bond motifs is 1. The Hall–Kier alpha value is -3.07. The average Bonchev–Trinajstić information content (AvgIpc) is 2.67. The van der Waals surface area contributed by atoms with E-state index in [0.29, 0.717) is 0 Å². The summed E-state index contributed by atoms with van der Waals surface area (Å²) in [5.74, 6) is 1.64. The molecular weight excluding hydrogens is 310 g/mol. The van der Waals surface area contributed by atoms with Crippen molar-refractivity contribution in [1.29, 1.82) is 0 Å². The van der Waals surface area contributed by atoms with E-state index in [1.165, 1.54) is 0 Å².